The highest BCUT2D eigenvalue weighted by Crippen LogP contribution is 2.45. The number of rotatable bonds is 4. The molecule has 0 aromatic heterocycles. The standard InChI is InChI=1S/C20H24O3/c21-19(22)14-16-6-10-20(11-7-16)12-8-18(9-13-20)23-15-17-4-2-1-3-5-17/h1-6,10,14,18H,7-9,11-13,15H2,(H,21,22). The van der Waals surface area contributed by atoms with Gasteiger partial charge in [0.2, 0.25) is 0 Å². The van der Waals surface area contributed by atoms with Gasteiger partial charge in [0.1, 0.15) is 0 Å². The highest BCUT2D eigenvalue weighted by molar-refractivity contribution is 5.81. The van der Waals surface area contributed by atoms with Gasteiger partial charge in [0.15, 0.2) is 0 Å². The third kappa shape index (κ3) is 4.32. The van der Waals surface area contributed by atoms with E-state index in [4.69, 9.17) is 9.84 Å². The van der Waals surface area contributed by atoms with Crippen LogP contribution >= 0.6 is 0 Å². The third-order valence-corrected chi connectivity index (χ3v) is 5.13. The first-order valence-corrected chi connectivity index (χ1v) is 8.44. The van der Waals surface area contributed by atoms with Gasteiger partial charge in [0.25, 0.3) is 0 Å². The fraction of sp³-hybridized carbons (Fsp3) is 0.450. The molecule has 0 bridgehead atoms. The van der Waals surface area contributed by atoms with E-state index in [0.717, 1.165) is 44.1 Å². The van der Waals surface area contributed by atoms with E-state index >= 15 is 0 Å². The van der Waals surface area contributed by atoms with Gasteiger partial charge in [-0.15, -0.1) is 0 Å². The van der Waals surface area contributed by atoms with E-state index < -0.39 is 5.97 Å². The molecule has 3 rings (SSSR count). The summed E-state index contributed by atoms with van der Waals surface area (Å²) in [7, 11) is 0. The van der Waals surface area contributed by atoms with Crippen molar-refractivity contribution in [2.24, 2.45) is 5.41 Å². The topological polar surface area (TPSA) is 46.5 Å². The van der Waals surface area contributed by atoms with Gasteiger partial charge in [-0.3, -0.25) is 0 Å². The number of hydrogen-bond donors (Lipinski definition) is 1. The summed E-state index contributed by atoms with van der Waals surface area (Å²) in [5.74, 6) is -0.848. The largest absolute Gasteiger partial charge is 0.478 e. The lowest BCUT2D eigenvalue weighted by atomic mass is 9.67. The summed E-state index contributed by atoms with van der Waals surface area (Å²) >= 11 is 0. The van der Waals surface area contributed by atoms with Crippen molar-refractivity contribution in [3.8, 4) is 0 Å². The Kier molecular flexibility index (Phi) is 4.97. The fourth-order valence-corrected chi connectivity index (χ4v) is 3.66. The maximum absolute atomic E-state index is 10.7. The van der Waals surface area contributed by atoms with Crippen LogP contribution in [0.25, 0.3) is 0 Å². The van der Waals surface area contributed by atoms with E-state index in [1.165, 1.54) is 11.6 Å². The van der Waals surface area contributed by atoms with Gasteiger partial charge in [-0.2, -0.15) is 0 Å². The Balaban J connectivity index is 1.50. The Hall–Kier alpha value is -1.87. The lowest BCUT2D eigenvalue weighted by Gasteiger charge is -2.40. The molecule has 0 heterocycles. The van der Waals surface area contributed by atoms with Crippen molar-refractivity contribution in [2.45, 2.75) is 51.2 Å². The summed E-state index contributed by atoms with van der Waals surface area (Å²) in [6.07, 6.45) is 12.4. The molecule has 3 nitrogen and oxygen atoms in total. The monoisotopic (exact) mass is 312 g/mol. The SMILES string of the molecule is O=C(O)C=C1C=CC2(CC1)CCC(OCc1ccccc1)CC2. The average Bonchev–Trinajstić information content (AvgIpc) is 2.57. The quantitative estimate of drug-likeness (QED) is 0.833. The molecule has 1 N–H and O–H groups in total. The summed E-state index contributed by atoms with van der Waals surface area (Å²) < 4.78 is 6.06. The van der Waals surface area contributed by atoms with Crippen LogP contribution in [-0.2, 0) is 16.1 Å². The van der Waals surface area contributed by atoms with Gasteiger partial charge < -0.3 is 9.84 Å². The highest BCUT2D eigenvalue weighted by atomic mass is 16.5. The summed E-state index contributed by atoms with van der Waals surface area (Å²) in [6, 6.07) is 10.3. The van der Waals surface area contributed by atoms with Crippen LogP contribution in [0.1, 0.15) is 44.1 Å². The Morgan fingerprint density at radius 2 is 1.96 bits per heavy atom. The summed E-state index contributed by atoms with van der Waals surface area (Å²) in [5.41, 5.74) is 2.43. The molecule has 0 atom stereocenters. The zero-order chi connectivity index (χ0) is 16.1. The average molecular weight is 312 g/mol. The third-order valence-electron chi connectivity index (χ3n) is 5.13. The van der Waals surface area contributed by atoms with E-state index in [1.54, 1.807) is 0 Å². The van der Waals surface area contributed by atoms with Crippen LogP contribution in [0.4, 0.5) is 0 Å². The summed E-state index contributed by atoms with van der Waals surface area (Å²) in [4.78, 5) is 10.7. The van der Waals surface area contributed by atoms with E-state index in [2.05, 4.69) is 18.2 Å². The van der Waals surface area contributed by atoms with Crippen LogP contribution in [0, 0.1) is 5.41 Å². The molecule has 2 aliphatic carbocycles. The van der Waals surface area contributed by atoms with Crippen LogP contribution in [0.5, 0.6) is 0 Å². The Bertz CT molecular complexity index is 593. The van der Waals surface area contributed by atoms with Gasteiger partial charge in [0.05, 0.1) is 12.7 Å². The summed E-state index contributed by atoms with van der Waals surface area (Å²) in [6.45, 7) is 0.694. The molecular weight excluding hydrogens is 288 g/mol. The van der Waals surface area contributed by atoms with Gasteiger partial charge in [0, 0.05) is 6.08 Å². The summed E-state index contributed by atoms with van der Waals surface area (Å²) in [5, 5.41) is 8.83. The van der Waals surface area contributed by atoms with Crippen molar-refractivity contribution in [1.82, 2.24) is 0 Å². The normalized spacial score (nSPS) is 29.0. The molecule has 0 saturated heterocycles. The van der Waals surface area contributed by atoms with Crippen molar-refractivity contribution in [3.63, 3.8) is 0 Å². The van der Waals surface area contributed by atoms with Crippen LogP contribution in [0.3, 0.4) is 0 Å². The number of benzene rings is 1. The van der Waals surface area contributed by atoms with E-state index in [0.29, 0.717) is 12.7 Å². The molecule has 0 unspecified atom stereocenters. The molecule has 2 aliphatic rings. The molecule has 122 valence electrons. The smallest absolute Gasteiger partial charge is 0.328 e. The van der Waals surface area contributed by atoms with Gasteiger partial charge in [-0.1, -0.05) is 42.5 Å². The van der Waals surface area contributed by atoms with Crippen molar-refractivity contribution in [3.05, 3.63) is 59.7 Å². The molecule has 0 amide bonds. The fourth-order valence-electron chi connectivity index (χ4n) is 3.66. The molecule has 1 aromatic rings. The molecule has 1 fully saturated rings. The zero-order valence-electron chi connectivity index (χ0n) is 13.4. The number of carboxylic acid groups (broad SMARTS) is 1. The van der Waals surface area contributed by atoms with Gasteiger partial charge in [-0.25, -0.2) is 4.79 Å². The predicted octanol–water partition coefficient (Wildman–Crippen LogP) is 4.49. The number of allylic oxidation sites excluding steroid dienone is 3. The Labute approximate surface area is 137 Å². The van der Waals surface area contributed by atoms with E-state index in [1.807, 2.05) is 24.3 Å². The number of ether oxygens (including phenoxy) is 1. The second-order valence-corrected chi connectivity index (χ2v) is 6.75. The predicted molar refractivity (Wildman–Crippen MR) is 90.0 cm³/mol. The number of carbonyl (C=O) groups is 1. The molecule has 1 saturated carbocycles. The second kappa shape index (κ2) is 7.14. The Morgan fingerprint density at radius 3 is 2.57 bits per heavy atom. The van der Waals surface area contributed by atoms with Crippen molar-refractivity contribution < 1.29 is 14.6 Å². The maximum Gasteiger partial charge on any atom is 0.328 e. The number of carboxylic acids is 1. The maximum atomic E-state index is 10.7. The van der Waals surface area contributed by atoms with Gasteiger partial charge in [-0.05, 0) is 55.1 Å². The van der Waals surface area contributed by atoms with Crippen molar-refractivity contribution >= 4 is 5.97 Å². The molecule has 23 heavy (non-hydrogen) atoms. The number of aliphatic carboxylic acids is 1. The molecule has 1 aromatic carbocycles. The highest BCUT2D eigenvalue weighted by Gasteiger charge is 2.34. The first-order chi connectivity index (χ1) is 11.2. The first kappa shape index (κ1) is 16.0. The molecule has 0 radical (unpaired) electrons. The number of hydrogen-bond acceptors (Lipinski definition) is 2. The van der Waals surface area contributed by atoms with Crippen LogP contribution in [0.15, 0.2) is 54.1 Å². The van der Waals surface area contributed by atoms with E-state index in [9.17, 15) is 4.79 Å². The minimum absolute atomic E-state index is 0.266. The first-order valence-electron chi connectivity index (χ1n) is 8.44. The lowest BCUT2D eigenvalue weighted by molar-refractivity contribution is -0.131. The van der Waals surface area contributed by atoms with Crippen LogP contribution in [-0.4, -0.2) is 17.2 Å². The second-order valence-electron chi connectivity index (χ2n) is 6.75. The van der Waals surface area contributed by atoms with Gasteiger partial charge >= 0.3 is 5.97 Å². The molecule has 3 heteroatoms. The lowest BCUT2D eigenvalue weighted by Crippen LogP contribution is -2.31. The van der Waals surface area contributed by atoms with Crippen molar-refractivity contribution in [2.75, 3.05) is 0 Å². The Morgan fingerprint density at radius 1 is 1.22 bits per heavy atom. The van der Waals surface area contributed by atoms with E-state index in [-0.39, 0.29) is 5.41 Å². The minimum atomic E-state index is -0.848. The molecule has 1 spiro atoms. The van der Waals surface area contributed by atoms with Crippen LogP contribution in [0.2, 0.25) is 0 Å². The minimum Gasteiger partial charge on any atom is -0.478 e. The molecular formula is C20H24O3. The zero-order valence-corrected chi connectivity index (χ0v) is 13.4. The van der Waals surface area contributed by atoms with Crippen molar-refractivity contribution in [1.29, 1.82) is 0 Å². The molecule has 0 aliphatic heterocycles. The van der Waals surface area contributed by atoms with Crippen LogP contribution < -0.4 is 0 Å².